The second kappa shape index (κ2) is 6.57. The zero-order valence-corrected chi connectivity index (χ0v) is 16.2. The molecular formula is C17H15Cl2N3O3S. The van der Waals surface area contributed by atoms with E-state index in [4.69, 9.17) is 23.2 Å². The van der Waals surface area contributed by atoms with E-state index in [0.29, 0.717) is 16.2 Å². The molecule has 26 heavy (non-hydrogen) atoms. The summed E-state index contributed by atoms with van der Waals surface area (Å²) in [4.78, 5) is 16.7. The number of rotatable bonds is 4. The Morgan fingerprint density at radius 2 is 1.88 bits per heavy atom. The molecule has 1 aromatic carbocycles. The molecule has 3 rings (SSSR count). The summed E-state index contributed by atoms with van der Waals surface area (Å²) < 4.78 is 29.0. The Hall–Kier alpha value is -2.09. The van der Waals surface area contributed by atoms with E-state index in [0.717, 1.165) is 0 Å². The standard InChI is InChI=1S/C17H15Cl2N3O3S/c1-17(2,11-6-5-7-12(18)10-11)16(23)21-26(24,25)15-14(19)20-13-8-3-4-9-22(13)15/h3-10H,1-2H3,(H,21,23). The monoisotopic (exact) mass is 411 g/mol. The summed E-state index contributed by atoms with van der Waals surface area (Å²) in [6.45, 7) is 3.22. The van der Waals surface area contributed by atoms with Crippen LogP contribution in [0.25, 0.3) is 5.65 Å². The SMILES string of the molecule is CC(C)(C(=O)NS(=O)(=O)c1c(Cl)nc2ccccn12)c1cccc(Cl)c1. The van der Waals surface area contributed by atoms with Gasteiger partial charge in [-0.05, 0) is 43.7 Å². The van der Waals surface area contributed by atoms with Gasteiger partial charge >= 0.3 is 0 Å². The number of hydrogen-bond acceptors (Lipinski definition) is 4. The Balaban J connectivity index is 1.99. The van der Waals surface area contributed by atoms with Crippen LogP contribution < -0.4 is 4.72 Å². The van der Waals surface area contributed by atoms with Gasteiger partial charge in [0.15, 0.2) is 10.2 Å². The van der Waals surface area contributed by atoms with Crippen LogP contribution in [0.2, 0.25) is 10.2 Å². The van der Waals surface area contributed by atoms with Crippen molar-refractivity contribution in [1.29, 1.82) is 0 Å². The summed E-state index contributed by atoms with van der Waals surface area (Å²) in [6.07, 6.45) is 1.51. The highest BCUT2D eigenvalue weighted by Gasteiger charge is 2.35. The third kappa shape index (κ3) is 3.30. The molecule has 3 aromatic rings. The lowest BCUT2D eigenvalue weighted by molar-refractivity contribution is -0.123. The van der Waals surface area contributed by atoms with Crippen molar-refractivity contribution in [3.05, 3.63) is 64.4 Å². The van der Waals surface area contributed by atoms with Gasteiger partial charge in [0.25, 0.3) is 10.0 Å². The molecule has 0 saturated carbocycles. The number of carbonyl (C=O) groups excluding carboxylic acids is 1. The number of nitrogens with zero attached hydrogens (tertiary/aromatic N) is 2. The number of nitrogens with one attached hydrogen (secondary N) is 1. The van der Waals surface area contributed by atoms with Crippen LogP contribution in [0.5, 0.6) is 0 Å². The number of aromatic nitrogens is 2. The zero-order chi connectivity index (χ0) is 19.1. The molecule has 1 N–H and O–H groups in total. The van der Waals surface area contributed by atoms with Crippen molar-refractivity contribution in [2.75, 3.05) is 0 Å². The highest BCUT2D eigenvalue weighted by molar-refractivity contribution is 7.90. The fourth-order valence-corrected chi connectivity index (χ4v) is 4.44. The second-order valence-electron chi connectivity index (χ2n) is 6.21. The molecule has 0 saturated heterocycles. The Morgan fingerprint density at radius 3 is 2.58 bits per heavy atom. The largest absolute Gasteiger partial charge is 0.288 e. The minimum atomic E-state index is -4.24. The van der Waals surface area contributed by atoms with E-state index in [1.54, 1.807) is 56.3 Å². The van der Waals surface area contributed by atoms with Crippen LogP contribution in [0.15, 0.2) is 53.7 Å². The van der Waals surface area contributed by atoms with Crippen molar-refractivity contribution >= 4 is 44.8 Å². The third-order valence-corrected chi connectivity index (χ3v) is 6.01. The van der Waals surface area contributed by atoms with Gasteiger partial charge in [0.05, 0.1) is 5.41 Å². The molecular weight excluding hydrogens is 397 g/mol. The van der Waals surface area contributed by atoms with Crippen LogP contribution in [0.4, 0.5) is 0 Å². The van der Waals surface area contributed by atoms with Crippen molar-refractivity contribution in [1.82, 2.24) is 14.1 Å². The Bertz CT molecular complexity index is 1110. The van der Waals surface area contributed by atoms with E-state index < -0.39 is 21.3 Å². The first-order chi connectivity index (χ1) is 12.1. The molecule has 0 spiro atoms. The minimum Gasteiger partial charge on any atom is -0.288 e. The van der Waals surface area contributed by atoms with Crippen molar-refractivity contribution in [3.63, 3.8) is 0 Å². The maximum absolute atomic E-state index is 12.8. The predicted octanol–water partition coefficient (Wildman–Crippen LogP) is 3.42. The molecule has 9 heteroatoms. The van der Waals surface area contributed by atoms with Crippen molar-refractivity contribution in [3.8, 4) is 0 Å². The Labute approximate surface area is 160 Å². The number of benzene rings is 1. The van der Waals surface area contributed by atoms with Crippen molar-refractivity contribution in [2.45, 2.75) is 24.3 Å². The summed E-state index contributed by atoms with van der Waals surface area (Å²) in [5, 5.41) is -0.0434. The summed E-state index contributed by atoms with van der Waals surface area (Å²) in [5.74, 6) is -0.707. The number of pyridine rings is 1. The molecule has 0 fully saturated rings. The first kappa shape index (κ1) is 18.7. The van der Waals surface area contributed by atoms with E-state index in [9.17, 15) is 13.2 Å². The van der Waals surface area contributed by atoms with Gasteiger partial charge in [0.2, 0.25) is 5.91 Å². The molecule has 0 bridgehead atoms. The summed E-state index contributed by atoms with van der Waals surface area (Å²) in [5.41, 5.74) is -0.188. The summed E-state index contributed by atoms with van der Waals surface area (Å²) >= 11 is 12.0. The second-order valence-corrected chi connectivity index (χ2v) is 8.60. The van der Waals surface area contributed by atoms with Gasteiger partial charge < -0.3 is 0 Å². The van der Waals surface area contributed by atoms with Gasteiger partial charge in [-0.2, -0.15) is 8.42 Å². The van der Waals surface area contributed by atoms with Crippen LogP contribution in [0.1, 0.15) is 19.4 Å². The molecule has 0 aliphatic heterocycles. The van der Waals surface area contributed by atoms with E-state index >= 15 is 0 Å². The molecule has 0 aliphatic carbocycles. The number of imidazole rings is 1. The summed E-state index contributed by atoms with van der Waals surface area (Å²) in [6, 6.07) is 11.7. The Morgan fingerprint density at radius 1 is 1.15 bits per heavy atom. The van der Waals surface area contributed by atoms with Gasteiger partial charge in [-0.3, -0.25) is 9.20 Å². The third-order valence-electron chi connectivity index (χ3n) is 4.04. The van der Waals surface area contributed by atoms with Gasteiger partial charge in [-0.1, -0.05) is 41.4 Å². The summed E-state index contributed by atoms with van der Waals surface area (Å²) in [7, 11) is -4.24. The lowest BCUT2D eigenvalue weighted by atomic mass is 9.84. The highest BCUT2D eigenvalue weighted by Crippen LogP contribution is 2.28. The molecule has 2 heterocycles. The van der Waals surface area contributed by atoms with Gasteiger partial charge in [-0.15, -0.1) is 0 Å². The van der Waals surface area contributed by atoms with E-state index in [-0.39, 0.29) is 10.2 Å². The molecule has 0 radical (unpaired) electrons. The van der Waals surface area contributed by atoms with E-state index in [2.05, 4.69) is 9.71 Å². The average molecular weight is 412 g/mol. The Kier molecular flexibility index (Phi) is 4.72. The quantitative estimate of drug-likeness (QED) is 0.712. The maximum atomic E-state index is 12.8. The fraction of sp³-hybridized carbons (Fsp3) is 0.176. The maximum Gasteiger partial charge on any atom is 0.283 e. The highest BCUT2D eigenvalue weighted by atomic mass is 35.5. The van der Waals surface area contributed by atoms with E-state index in [1.165, 1.54) is 10.6 Å². The van der Waals surface area contributed by atoms with Crippen LogP contribution in [0, 0.1) is 0 Å². The lowest BCUT2D eigenvalue weighted by Crippen LogP contribution is -2.43. The molecule has 136 valence electrons. The first-order valence-corrected chi connectivity index (χ1v) is 9.83. The van der Waals surface area contributed by atoms with Crippen LogP contribution in [-0.2, 0) is 20.2 Å². The zero-order valence-electron chi connectivity index (χ0n) is 13.9. The molecule has 0 atom stereocenters. The normalized spacial score (nSPS) is 12.3. The first-order valence-electron chi connectivity index (χ1n) is 7.59. The van der Waals surface area contributed by atoms with Crippen molar-refractivity contribution in [2.24, 2.45) is 0 Å². The number of halogens is 2. The van der Waals surface area contributed by atoms with Gasteiger partial charge in [0, 0.05) is 11.2 Å². The number of hydrogen-bond donors (Lipinski definition) is 1. The number of amides is 1. The topological polar surface area (TPSA) is 80.5 Å². The molecule has 6 nitrogen and oxygen atoms in total. The van der Waals surface area contributed by atoms with Crippen LogP contribution in [-0.4, -0.2) is 23.7 Å². The molecule has 1 amide bonds. The minimum absolute atomic E-state index is 0.211. The molecule has 0 unspecified atom stereocenters. The number of carbonyl (C=O) groups is 1. The number of fused-ring (bicyclic) bond motifs is 1. The molecule has 2 aromatic heterocycles. The van der Waals surface area contributed by atoms with Crippen LogP contribution in [0.3, 0.4) is 0 Å². The van der Waals surface area contributed by atoms with E-state index in [1.807, 2.05) is 0 Å². The van der Waals surface area contributed by atoms with Gasteiger partial charge in [0.1, 0.15) is 5.65 Å². The van der Waals surface area contributed by atoms with Crippen LogP contribution >= 0.6 is 23.2 Å². The molecule has 0 aliphatic rings. The number of sulfonamides is 1. The fourth-order valence-electron chi connectivity index (χ4n) is 2.49. The average Bonchev–Trinajstić information content (AvgIpc) is 2.90. The van der Waals surface area contributed by atoms with Crippen molar-refractivity contribution < 1.29 is 13.2 Å². The predicted molar refractivity (Wildman–Crippen MR) is 100 cm³/mol. The lowest BCUT2D eigenvalue weighted by Gasteiger charge is -2.24. The smallest absolute Gasteiger partial charge is 0.283 e. The van der Waals surface area contributed by atoms with Gasteiger partial charge in [-0.25, -0.2) is 9.71 Å².